The highest BCUT2D eigenvalue weighted by molar-refractivity contribution is 5.86. The van der Waals surface area contributed by atoms with E-state index in [4.69, 9.17) is 4.74 Å². The number of hydrogen-bond acceptors (Lipinski definition) is 4. The van der Waals surface area contributed by atoms with Crippen LogP contribution in [0, 0.1) is 0 Å². The lowest BCUT2D eigenvalue weighted by Gasteiger charge is -2.31. The molecule has 1 atom stereocenters. The Hall–Kier alpha value is -1.30. The molecule has 6 heteroatoms. The van der Waals surface area contributed by atoms with Gasteiger partial charge in [0.25, 0.3) is 0 Å². The molecule has 3 aliphatic rings. The van der Waals surface area contributed by atoms with Crippen LogP contribution in [0.2, 0.25) is 0 Å². The Balaban J connectivity index is 1.58. The minimum atomic E-state index is -0.530. The van der Waals surface area contributed by atoms with E-state index in [-0.39, 0.29) is 18.0 Å². The molecule has 0 bridgehead atoms. The first-order valence-electron chi connectivity index (χ1n) is 10.4. The van der Waals surface area contributed by atoms with Gasteiger partial charge in [0.05, 0.1) is 0 Å². The lowest BCUT2D eigenvalue weighted by molar-refractivity contribution is -0.135. The van der Waals surface area contributed by atoms with Crippen molar-refractivity contribution in [3.05, 3.63) is 0 Å². The molecule has 0 aromatic carbocycles. The SMILES string of the molecule is CC(C)(C)OC(=O)N1CCC[C@@H]1C(=O)N1CCCN(C2CCCC2)CC1. The van der Waals surface area contributed by atoms with E-state index in [1.54, 1.807) is 4.90 Å². The van der Waals surface area contributed by atoms with Crippen molar-refractivity contribution in [1.82, 2.24) is 14.7 Å². The summed E-state index contributed by atoms with van der Waals surface area (Å²) in [4.78, 5) is 31.8. The van der Waals surface area contributed by atoms with Crippen LogP contribution in [0.15, 0.2) is 0 Å². The van der Waals surface area contributed by atoms with Gasteiger partial charge in [-0.2, -0.15) is 0 Å². The number of ether oxygens (including phenoxy) is 1. The second kappa shape index (κ2) is 8.15. The van der Waals surface area contributed by atoms with Crippen molar-refractivity contribution in [2.24, 2.45) is 0 Å². The molecule has 2 heterocycles. The fourth-order valence-corrected chi connectivity index (χ4v) is 4.57. The zero-order valence-electron chi connectivity index (χ0n) is 16.7. The largest absolute Gasteiger partial charge is 0.444 e. The molecule has 0 aromatic heterocycles. The summed E-state index contributed by atoms with van der Waals surface area (Å²) in [7, 11) is 0. The molecule has 1 saturated carbocycles. The summed E-state index contributed by atoms with van der Waals surface area (Å²) >= 11 is 0. The lowest BCUT2D eigenvalue weighted by Crippen LogP contribution is -2.50. The van der Waals surface area contributed by atoms with Crippen molar-refractivity contribution < 1.29 is 14.3 Å². The minimum absolute atomic E-state index is 0.113. The molecule has 3 fully saturated rings. The zero-order valence-corrected chi connectivity index (χ0v) is 16.7. The number of amides is 2. The summed E-state index contributed by atoms with van der Waals surface area (Å²) < 4.78 is 5.51. The number of likely N-dealkylation sites (tertiary alicyclic amines) is 1. The monoisotopic (exact) mass is 365 g/mol. The Morgan fingerprint density at radius 2 is 1.58 bits per heavy atom. The van der Waals surface area contributed by atoms with Crippen molar-refractivity contribution in [1.29, 1.82) is 0 Å². The number of carbonyl (C=O) groups is 2. The predicted octanol–water partition coefficient (Wildman–Crippen LogP) is 2.86. The molecule has 2 aliphatic heterocycles. The van der Waals surface area contributed by atoms with Gasteiger partial charge in [0.1, 0.15) is 11.6 Å². The van der Waals surface area contributed by atoms with Crippen molar-refractivity contribution in [3.8, 4) is 0 Å². The molecule has 6 nitrogen and oxygen atoms in total. The summed E-state index contributed by atoms with van der Waals surface area (Å²) in [6.45, 7) is 9.87. The molecular formula is C20H35N3O3. The van der Waals surface area contributed by atoms with Gasteiger partial charge in [-0.05, 0) is 52.9 Å². The van der Waals surface area contributed by atoms with E-state index < -0.39 is 5.60 Å². The Labute approximate surface area is 157 Å². The molecule has 2 saturated heterocycles. The van der Waals surface area contributed by atoms with Crippen LogP contribution < -0.4 is 0 Å². The molecule has 26 heavy (non-hydrogen) atoms. The summed E-state index contributed by atoms with van der Waals surface area (Å²) in [5.41, 5.74) is -0.530. The zero-order chi connectivity index (χ0) is 18.7. The van der Waals surface area contributed by atoms with Crippen molar-refractivity contribution >= 4 is 12.0 Å². The molecule has 148 valence electrons. The maximum absolute atomic E-state index is 13.1. The first kappa shape index (κ1) is 19.5. The van der Waals surface area contributed by atoms with Crippen LogP contribution in [0.1, 0.15) is 65.7 Å². The van der Waals surface area contributed by atoms with Crippen LogP contribution in [0.4, 0.5) is 4.79 Å². The van der Waals surface area contributed by atoms with Gasteiger partial charge in [-0.25, -0.2) is 4.79 Å². The third-order valence-corrected chi connectivity index (χ3v) is 5.85. The molecule has 0 spiro atoms. The van der Waals surface area contributed by atoms with Gasteiger partial charge < -0.3 is 9.64 Å². The minimum Gasteiger partial charge on any atom is -0.444 e. The van der Waals surface area contributed by atoms with Gasteiger partial charge in [0.2, 0.25) is 5.91 Å². The standard InChI is InChI=1S/C20H35N3O3/c1-20(2,3)26-19(25)23-13-6-10-17(23)18(24)22-12-7-11-21(14-15-22)16-8-4-5-9-16/h16-17H,4-15H2,1-3H3/t17-/m1/s1. The fourth-order valence-electron chi connectivity index (χ4n) is 4.57. The smallest absolute Gasteiger partial charge is 0.410 e. The van der Waals surface area contributed by atoms with Crippen molar-refractivity contribution in [2.75, 3.05) is 32.7 Å². The molecule has 0 N–H and O–H groups in total. The van der Waals surface area contributed by atoms with E-state index in [9.17, 15) is 9.59 Å². The van der Waals surface area contributed by atoms with E-state index in [1.807, 2.05) is 25.7 Å². The van der Waals surface area contributed by atoms with Crippen LogP contribution in [0.3, 0.4) is 0 Å². The average Bonchev–Trinajstić information content (AvgIpc) is 3.20. The summed E-state index contributed by atoms with van der Waals surface area (Å²) in [6, 6.07) is 0.373. The van der Waals surface area contributed by atoms with Gasteiger partial charge in [-0.1, -0.05) is 12.8 Å². The first-order chi connectivity index (χ1) is 12.3. The number of nitrogens with zero attached hydrogens (tertiary/aromatic N) is 3. The van der Waals surface area contributed by atoms with E-state index in [0.29, 0.717) is 6.54 Å². The maximum atomic E-state index is 13.1. The van der Waals surface area contributed by atoms with Crippen LogP contribution in [-0.2, 0) is 9.53 Å². The van der Waals surface area contributed by atoms with Crippen LogP contribution >= 0.6 is 0 Å². The molecule has 0 radical (unpaired) electrons. The molecule has 0 unspecified atom stereocenters. The third-order valence-electron chi connectivity index (χ3n) is 5.85. The molecule has 3 rings (SSSR count). The van der Waals surface area contributed by atoms with Crippen LogP contribution in [-0.4, -0.2) is 77.1 Å². The predicted molar refractivity (Wildman–Crippen MR) is 101 cm³/mol. The second-order valence-electron chi connectivity index (χ2n) is 8.98. The highest BCUT2D eigenvalue weighted by atomic mass is 16.6. The Morgan fingerprint density at radius 3 is 2.27 bits per heavy atom. The van der Waals surface area contributed by atoms with Gasteiger partial charge in [0.15, 0.2) is 0 Å². The van der Waals surface area contributed by atoms with Crippen LogP contribution in [0.25, 0.3) is 0 Å². The molecule has 2 amide bonds. The molecule has 1 aliphatic carbocycles. The average molecular weight is 366 g/mol. The maximum Gasteiger partial charge on any atom is 0.410 e. The summed E-state index contributed by atoms with van der Waals surface area (Å²) in [6.07, 6.45) is 7.61. The highest BCUT2D eigenvalue weighted by Gasteiger charge is 2.39. The summed E-state index contributed by atoms with van der Waals surface area (Å²) in [5.74, 6) is 0.113. The van der Waals surface area contributed by atoms with Gasteiger partial charge in [-0.15, -0.1) is 0 Å². The van der Waals surface area contributed by atoms with E-state index in [0.717, 1.165) is 51.5 Å². The third kappa shape index (κ3) is 4.70. The van der Waals surface area contributed by atoms with E-state index in [2.05, 4.69) is 4.90 Å². The van der Waals surface area contributed by atoms with Crippen molar-refractivity contribution in [3.63, 3.8) is 0 Å². The van der Waals surface area contributed by atoms with Gasteiger partial charge >= 0.3 is 6.09 Å². The van der Waals surface area contributed by atoms with E-state index >= 15 is 0 Å². The summed E-state index contributed by atoms with van der Waals surface area (Å²) in [5, 5.41) is 0. The van der Waals surface area contributed by atoms with Crippen molar-refractivity contribution in [2.45, 2.75) is 83.4 Å². The van der Waals surface area contributed by atoms with Gasteiger partial charge in [0, 0.05) is 38.8 Å². The number of hydrogen-bond donors (Lipinski definition) is 0. The lowest BCUT2D eigenvalue weighted by atomic mass is 10.2. The first-order valence-corrected chi connectivity index (χ1v) is 10.4. The van der Waals surface area contributed by atoms with E-state index in [1.165, 1.54) is 25.7 Å². The quantitative estimate of drug-likeness (QED) is 0.755. The Kier molecular flexibility index (Phi) is 6.10. The molecule has 0 aromatic rings. The molecular weight excluding hydrogens is 330 g/mol. The highest BCUT2D eigenvalue weighted by Crippen LogP contribution is 2.26. The topological polar surface area (TPSA) is 53.1 Å². The Morgan fingerprint density at radius 1 is 0.846 bits per heavy atom. The normalized spacial score (nSPS) is 26.2. The second-order valence-corrected chi connectivity index (χ2v) is 8.98. The number of rotatable bonds is 2. The fraction of sp³-hybridized carbons (Fsp3) is 0.900. The number of carbonyl (C=O) groups excluding carboxylic acids is 2. The Bertz CT molecular complexity index is 511. The van der Waals surface area contributed by atoms with Gasteiger partial charge in [-0.3, -0.25) is 14.6 Å². The van der Waals surface area contributed by atoms with Crippen LogP contribution in [0.5, 0.6) is 0 Å².